The Morgan fingerprint density at radius 2 is 2.00 bits per heavy atom. The van der Waals surface area contributed by atoms with Gasteiger partial charge in [-0.2, -0.15) is 0 Å². The van der Waals surface area contributed by atoms with E-state index in [9.17, 15) is 4.79 Å². The largest absolute Gasteiger partial charge is 0.353 e. The molecule has 2 rings (SSSR count). The molecule has 18 heavy (non-hydrogen) atoms. The summed E-state index contributed by atoms with van der Waals surface area (Å²) in [4.78, 5) is 11.9. The molecule has 2 aromatic rings. The van der Waals surface area contributed by atoms with Gasteiger partial charge in [0.15, 0.2) is 0 Å². The molecule has 4 heteroatoms. The second-order valence-corrected chi connectivity index (χ2v) is 4.28. The third-order valence-corrected chi connectivity index (χ3v) is 2.97. The van der Waals surface area contributed by atoms with Crippen LogP contribution >= 0.6 is 11.6 Å². The lowest BCUT2D eigenvalue weighted by Gasteiger charge is -2.07. The van der Waals surface area contributed by atoms with E-state index < -0.39 is 0 Å². The first kappa shape index (κ1) is 12.7. The van der Waals surface area contributed by atoms with Gasteiger partial charge in [-0.05, 0) is 29.8 Å². The Labute approximate surface area is 111 Å². The zero-order valence-electron chi connectivity index (χ0n) is 9.97. The predicted molar refractivity (Wildman–Crippen MR) is 72.8 cm³/mol. The number of benzene rings is 1. The lowest BCUT2D eigenvalue weighted by molar-refractivity contribution is 0.0952. The first-order valence-corrected chi connectivity index (χ1v) is 6.37. The number of rotatable bonds is 5. The number of amides is 1. The summed E-state index contributed by atoms with van der Waals surface area (Å²) >= 11 is 5.74. The van der Waals surface area contributed by atoms with Gasteiger partial charge in [-0.3, -0.25) is 4.79 Å². The van der Waals surface area contributed by atoms with E-state index in [2.05, 4.69) is 5.32 Å². The van der Waals surface area contributed by atoms with E-state index in [0.29, 0.717) is 18.0 Å². The van der Waals surface area contributed by atoms with Crippen LogP contribution in [0.2, 0.25) is 0 Å². The lowest BCUT2D eigenvalue weighted by Crippen LogP contribution is -2.27. The van der Waals surface area contributed by atoms with Gasteiger partial charge in [-0.15, -0.1) is 11.6 Å². The Morgan fingerprint density at radius 3 is 2.72 bits per heavy atom. The topological polar surface area (TPSA) is 34.0 Å². The molecule has 0 fully saturated rings. The van der Waals surface area contributed by atoms with Crippen LogP contribution in [-0.4, -0.2) is 17.0 Å². The first-order valence-electron chi connectivity index (χ1n) is 5.83. The van der Waals surface area contributed by atoms with Crippen molar-refractivity contribution in [2.24, 2.45) is 0 Å². The van der Waals surface area contributed by atoms with Crippen LogP contribution in [0.5, 0.6) is 0 Å². The molecule has 0 saturated heterocycles. The zero-order valence-corrected chi connectivity index (χ0v) is 10.7. The van der Waals surface area contributed by atoms with E-state index in [4.69, 9.17) is 11.6 Å². The van der Waals surface area contributed by atoms with Crippen molar-refractivity contribution in [3.05, 3.63) is 59.9 Å². The van der Waals surface area contributed by atoms with Crippen LogP contribution < -0.4 is 5.32 Å². The van der Waals surface area contributed by atoms with E-state index in [1.54, 1.807) is 6.07 Å². The molecule has 0 bridgehead atoms. The van der Waals surface area contributed by atoms with Crippen molar-refractivity contribution < 1.29 is 4.79 Å². The molecule has 0 aliphatic heterocycles. The normalized spacial score (nSPS) is 10.3. The number of nitrogens with one attached hydrogen (secondary N) is 1. The molecule has 1 amide bonds. The number of alkyl halides is 1. The Morgan fingerprint density at radius 1 is 1.22 bits per heavy atom. The summed E-state index contributed by atoms with van der Waals surface area (Å²) in [5, 5.41) is 2.89. The fraction of sp³-hybridized carbons (Fsp3) is 0.214. The van der Waals surface area contributed by atoms with Crippen molar-refractivity contribution in [1.82, 2.24) is 9.88 Å². The van der Waals surface area contributed by atoms with Gasteiger partial charge >= 0.3 is 0 Å². The van der Waals surface area contributed by atoms with Crippen molar-refractivity contribution in [2.45, 2.75) is 12.4 Å². The standard InChI is InChI=1S/C14H15ClN2O/c15-11-12-4-3-5-13(10-12)14(18)16-6-9-17-7-1-2-8-17/h1-5,7-8,10H,6,9,11H2,(H,16,18). The summed E-state index contributed by atoms with van der Waals surface area (Å²) in [6, 6.07) is 11.3. The van der Waals surface area contributed by atoms with Crippen LogP contribution in [-0.2, 0) is 12.4 Å². The second-order valence-electron chi connectivity index (χ2n) is 4.01. The van der Waals surface area contributed by atoms with Gasteiger partial charge in [0.25, 0.3) is 5.91 Å². The third kappa shape index (κ3) is 3.37. The fourth-order valence-electron chi connectivity index (χ4n) is 1.72. The highest BCUT2D eigenvalue weighted by atomic mass is 35.5. The van der Waals surface area contributed by atoms with E-state index in [0.717, 1.165) is 12.1 Å². The molecule has 1 heterocycles. The number of hydrogen-bond donors (Lipinski definition) is 1. The summed E-state index contributed by atoms with van der Waals surface area (Å²) in [6.45, 7) is 1.38. The van der Waals surface area contributed by atoms with Crippen LogP contribution in [0.15, 0.2) is 48.8 Å². The van der Waals surface area contributed by atoms with Crippen LogP contribution in [0.3, 0.4) is 0 Å². The molecule has 0 atom stereocenters. The van der Waals surface area contributed by atoms with Crippen molar-refractivity contribution in [1.29, 1.82) is 0 Å². The molecule has 0 unspecified atom stereocenters. The van der Waals surface area contributed by atoms with Gasteiger partial charge in [0, 0.05) is 36.9 Å². The average molecular weight is 263 g/mol. The third-order valence-electron chi connectivity index (χ3n) is 2.67. The van der Waals surface area contributed by atoms with E-state index in [-0.39, 0.29) is 5.91 Å². The maximum absolute atomic E-state index is 11.9. The summed E-state index contributed by atoms with van der Waals surface area (Å²) in [5.74, 6) is 0.360. The van der Waals surface area contributed by atoms with E-state index in [1.165, 1.54) is 0 Å². The highest BCUT2D eigenvalue weighted by Gasteiger charge is 2.04. The Balaban J connectivity index is 1.87. The molecule has 3 nitrogen and oxygen atoms in total. The summed E-state index contributed by atoms with van der Waals surface area (Å²) in [7, 11) is 0. The number of hydrogen-bond acceptors (Lipinski definition) is 1. The smallest absolute Gasteiger partial charge is 0.251 e. The number of carbonyl (C=O) groups excluding carboxylic acids is 1. The van der Waals surface area contributed by atoms with Crippen LogP contribution in [0.4, 0.5) is 0 Å². The van der Waals surface area contributed by atoms with Crippen LogP contribution in [0.25, 0.3) is 0 Å². The Kier molecular flexibility index (Phi) is 4.42. The SMILES string of the molecule is O=C(NCCn1cccc1)c1cccc(CCl)c1. The highest BCUT2D eigenvalue weighted by molar-refractivity contribution is 6.17. The molecule has 1 aromatic heterocycles. The molecule has 94 valence electrons. The summed E-state index contributed by atoms with van der Waals surface area (Å²) in [5.41, 5.74) is 1.61. The van der Waals surface area contributed by atoms with Crippen molar-refractivity contribution >= 4 is 17.5 Å². The minimum Gasteiger partial charge on any atom is -0.353 e. The molecule has 0 aliphatic carbocycles. The number of aromatic nitrogens is 1. The average Bonchev–Trinajstić information content (AvgIpc) is 2.92. The molecule has 0 saturated carbocycles. The minimum absolute atomic E-state index is 0.0610. The van der Waals surface area contributed by atoms with Gasteiger partial charge in [0.2, 0.25) is 0 Å². The van der Waals surface area contributed by atoms with Crippen molar-refractivity contribution in [2.75, 3.05) is 6.54 Å². The van der Waals surface area contributed by atoms with Gasteiger partial charge in [0.05, 0.1) is 0 Å². The number of halogens is 1. The summed E-state index contributed by atoms with van der Waals surface area (Å²) < 4.78 is 2.02. The lowest BCUT2D eigenvalue weighted by atomic mass is 10.1. The van der Waals surface area contributed by atoms with E-state index >= 15 is 0 Å². The quantitative estimate of drug-likeness (QED) is 0.826. The Bertz CT molecular complexity index is 508. The fourth-order valence-corrected chi connectivity index (χ4v) is 1.88. The molecule has 1 aromatic carbocycles. The molecule has 0 radical (unpaired) electrons. The van der Waals surface area contributed by atoms with Gasteiger partial charge in [0.1, 0.15) is 0 Å². The van der Waals surface area contributed by atoms with Crippen LogP contribution in [0, 0.1) is 0 Å². The van der Waals surface area contributed by atoms with Crippen molar-refractivity contribution in [3.63, 3.8) is 0 Å². The Hall–Kier alpha value is -1.74. The highest BCUT2D eigenvalue weighted by Crippen LogP contribution is 2.07. The monoisotopic (exact) mass is 262 g/mol. The van der Waals surface area contributed by atoms with E-state index in [1.807, 2.05) is 47.3 Å². The molecular weight excluding hydrogens is 248 g/mol. The van der Waals surface area contributed by atoms with Crippen molar-refractivity contribution in [3.8, 4) is 0 Å². The van der Waals surface area contributed by atoms with Gasteiger partial charge < -0.3 is 9.88 Å². The number of nitrogens with zero attached hydrogens (tertiary/aromatic N) is 1. The molecule has 0 spiro atoms. The van der Waals surface area contributed by atoms with Gasteiger partial charge in [-0.1, -0.05) is 12.1 Å². The maximum atomic E-state index is 11.9. The second kappa shape index (κ2) is 6.26. The van der Waals surface area contributed by atoms with Gasteiger partial charge in [-0.25, -0.2) is 0 Å². The maximum Gasteiger partial charge on any atom is 0.251 e. The van der Waals surface area contributed by atoms with Crippen LogP contribution in [0.1, 0.15) is 15.9 Å². The number of carbonyl (C=O) groups is 1. The predicted octanol–water partition coefficient (Wildman–Crippen LogP) is 2.66. The first-order chi connectivity index (χ1) is 8.79. The molecule has 0 aliphatic rings. The summed E-state index contributed by atoms with van der Waals surface area (Å²) in [6.07, 6.45) is 3.94. The zero-order chi connectivity index (χ0) is 12.8. The molecule has 1 N–H and O–H groups in total. The minimum atomic E-state index is -0.0610. The molecular formula is C14H15ClN2O.